The van der Waals surface area contributed by atoms with Crippen LogP contribution < -0.4 is 10.6 Å². The fraction of sp³-hybridized carbons (Fsp3) is 0.250. The fourth-order valence-electron chi connectivity index (χ4n) is 2.38. The second kappa shape index (κ2) is 9.99. The summed E-state index contributed by atoms with van der Waals surface area (Å²) in [5.41, 5.74) is 1.95. The Hall–Kier alpha value is -2.51. The van der Waals surface area contributed by atoms with Gasteiger partial charge in [0.15, 0.2) is 5.78 Å². The Morgan fingerprint density at radius 3 is 2.26 bits per heavy atom. The zero-order valence-corrected chi connectivity index (χ0v) is 16.9. The summed E-state index contributed by atoms with van der Waals surface area (Å²) in [6.45, 7) is 2.12. The van der Waals surface area contributed by atoms with Crippen molar-refractivity contribution >= 4 is 44.9 Å². The van der Waals surface area contributed by atoms with Gasteiger partial charge in [-0.15, -0.1) is 0 Å². The van der Waals surface area contributed by atoms with E-state index in [1.54, 1.807) is 36.2 Å². The molecule has 0 saturated heterocycles. The minimum absolute atomic E-state index is 0.0182. The molecule has 0 aliphatic carbocycles. The summed E-state index contributed by atoms with van der Waals surface area (Å²) in [4.78, 5) is 37.2. The second-order valence-electron chi connectivity index (χ2n) is 6.20. The van der Waals surface area contributed by atoms with Crippen molar-refractivity contribution in [1.82, 2.24) is 4.90 Å². The van der Waals surface area contributed by atoms with Gasteiger partial charge in [0.1, 0.15) is 0 Å². The lowest BCUT2D eigenvalue weighted by Crippen LogP contribution is -2.32. The summed E-state index contributed by atoms with van der Waals surface area (Å²) < 4.78 is 0.816. The normalized spacial score (nSPS) is 10.5. The van der Waals surface area contributed by atoms with Gasteiger partial charge >= 0.3 is 0 Å². The lowest BCUT2D eigenvalue weighted by atomic mass is 10.1. The van der Waals surface area contributed by atoms with Gasteiger partial charge in [0.25, 0.3) is 0 Å². The molecule has 0 aliphatic heterocycles. The first kappa shape index (κ1) is 20.8. The van der Waals surface area contributed by atoms with Crippen LogP contribution in [0.1, 0.15) is 23.7 Å². The van der Waals surface area contributed by atoms with Gasteiger partial charge in [-0.1, -0.05) is 12.1 Å². The average molecular weight is 432 g/mol. The third kappa shape index (κ3) is 6.96. The zero-order chi connectivity index (χ0) is 19.8. The van der Waals surface area contributed by atoms with Gasteiger partial charge in [0.05, 0.1) is 12.2 Å². The quantitative estimate of drug-likeness (QED) is 0.626. The predicted molar refractivity (Wildman–Crippen MR) is 110 cm³/mol. The predicted octanol–water partition coefficient (Wildman–Crippen LogP) is 3.55. The van der Waals surface area contributed by atoms with Crippen LogP contribution in [0.4, 0.5) is 11.4 Å². The molecular formula is C20H22BrN3O3. The third-order valence-electron chi connectivity index (χ3n) is 3.86. The summed E-state index contributed by atoms with van der Waals surface area (Å²) in [7, 11) is 1.79. The van der Waals surface area contributed by atoms with Crippen LogP contribution in [0.2, 0.25) is 0 Å². The molecule has 142 valence electrons. The van der Waals surface area contributed by atoms with Gasteiger partial charge in [-0.25, -0.2) is 0 Å². The Balaban J connectivity index is 1.75. The van der Waals surface area contributed by atoms with Gasteiger partial charge in [-0.2, -0.15) is 0 Å². The van der Waals surface area contributed by atoms with E-state index in [0.29, 0.717) is 23.5 Å². The molecule has 0 aliphatic rings. The molecule has 0 spiro atoms. The maximum atomic E-state index is 12.1. The first-order valence-corrected chi connectivity index (χ1v) is 9.28. The highest BCUT2D eigenvalue weighted by Gasteiger charge is 2.11. The van der Waals surface area contributed by atoms with E-state index >= 15 is 0 Å². The summed E-state index contributed by atoms with van der Waals surface area (Å²) in [6, 6.07) is 14.1. The number of rotatable bonds is 8. The molecule has 2 N–H and O–H groups in total. The molecule has 2 amide bonds. The standard InChI is InChI=1S/C20H22BrN3O3/c1-14(25)15-7-9-16(10-8-15)22-19(26)11-12-24(2)13-20(27)23-18-6-4-3-5-17(18)21/h3-10H,11-13H2,1-2H3,(H,22,26)(H,23,27). The number of carbonyl (C=O) groups excluding carboxylic acids is 3. The van der Waals surface area contributed by atoms with Crippen molar-refractivity contribution in [2.45, 2.75) is 13.3 Å². The van der Waals surface area contributed by atoms with Crippen molar-refractivity contribution in [3.05, 3.63) is 58.6 Å². The summed E-state index contributed by atoms with van der Waals surface area (Å²) in [6.07, 6.45) is 0.257. The molecule has 6 nitrogen and oxygen atoms in total. The molecule has 0 atom stereocenters. The molecule has 0 saturated carbocycles. The lowest BCUT2D eigenvalue weighted by molar-refractivity contribution is -0.119. The van der Waals surface area contributed by atoms with Crippen molar-refractivity contribution < 1.29 is 14.4 Å². The van der Waals surface area contributed by atoms with Gasteiger partial charge in [0.2, 0.25) is 11.8 Å². The molecule has 0 bridgehead atoms. The molecule has 0 heterocycles. The topological polar surface area (TPSA) is 78.5 Å². The monoisotopic (exact) mass is 431 g/mol. The van der Waals surface area contributed by atoms with E-state index in [0.717, 1.165) is 4.47 Å². The molecule has 0 radical (unpaired) electrons. The number of halogens is 1. The van der Waals surface area contributed by atoms with Crippen LogP contribution in [0.15, 0.2) is 53.0 Å². The number of amides is 2. The Kier molecular flexibility index (Phi) is 7.69. The number of ketones is 1. The minimum Gasteiger partial charge on any atom is -0.326 e. The number of nitrogens with one attached hydrogen (secondary N) is 2. The smallest absolute Gasteiger partial charge is 0.238 e. The number of benzene rings is 2. The van der Waals surface area contributed by atoms with Crippen LogP contribution in [0.3, 0.4) is 0 Å². The van der Waals surface area contributed by atoms with Gasteiger partial charge in [0, 0.05) is 28.7 Å². The Morgan fingerprint density at radius 2 is 1.63 bits per heavy atom. The first-order valence-electron chi connectivity index (χ1n) is 8.49. The minimum atomic E-state index is -0.149. The molecule has 0 fully saturated rings. The van der Waals surface area contributed by atoms with Crippen molar-refractivity contribution in [3.63, 3.8) is 0 Å². The first-order chi connectivity index (χ1) is 12.8. The van der Waals surface area contributed by atoms with Crippen LogP contribution >= 0.6 is 15.9 Å². The van der Waals surface area contributed by atoms with E-state index in [2.05, 4.69) is 26.6 Å². The van der Waals surface area contributed by atoms with E-state index in [1.165, 1.54) is 6.92 Å². The molecule has 2 aromatic carbocycles. The highest BCUT2D eigenvalue weighted by atomic mass is 79.9. The van der Waals surface area contributed by atoms with Crippen LogP contribution in [0, 0.1) is 0 Å². The largest absolute Gasteiger partial charge is 0.326 e. The Bertz CT molecular complexity index is 821. The van der Waals surface area contributed by atoms with Crippen LogP contribution in [-0.2, 0) is 9.59 Å². The average Bonchev–Trinajstić information content (AvgIpc) is 2.62. The molecule has 27 heavy (non-hydrogen) atoms. The van der Waals surface area contributed by atoms with Crippen molar-refractivity contribution in [2.75, 3.05) is 30.8 Å². The number of carbonyl (C=O) groups is 3. The highest BCUT2D eigenvalue weighted by Crippen LogP contribution is 2.21. The van der Waals surface area contributed by atoms with E-state index in [9.17, 15) is 14.4 Å². The molecule has 7 heteroatoms. The maximum Gasteiger partial charge on any atom is 0.238 e. The van der Waals surface area contributed by atoms with E-state index in [4.69, 9.17) is 0 Å². The van der Waals surface area contributed by atoms with Gasteiger partial charge < -0.3 is 10.6 Å². The van der Waals surface area contributed by atoms with Crippen LogP contribution in [0.5, 0.6) is 0 Å². The highest BCUT2D eigenvalue weighted by molar-refractivity contribution is 9.10. The number of para-hydroxylation sites is 1. The molecule has 2 rings (SSSR count). The molecule has 2 aromatic rings. The number of likely N-dealkylation sites (N-methyl/N-ethyl adjacent to an activating group) is 1. The number of nitrogens with zero attached hydrogens (tertiary/aromatic N) is 1. The van der Waals surface area contributed by atoms with Gasteiger partial charge in [-0.05, 0) is 66.3 Å². The zero-order valence-electron chi connectivity index (χ0n) is 15.3. The number of anilines is 2. The summed E-state index contributed by atoms with van der Waals surface area (Å²) in [5.74, 6) is -0.316. The maximum absolute atomic E-state index is 12.1. The van der Waals surface area contributed by atoms with E-state index < -0.39 is 0 Å². The van der Waals surface area contributed by atoms with Crippen molar-refractivity contribution in [2.24, 2.45) is 0 Å². The van der Waals surface area contributed by atoms with Gasteiger partial charge in [-0.3, -0.25) is 19.3 Å². The molecular weight excluding hydrogens is 410 g/mol. The number of hydrogen-bond donors (Lipinski definition) is 2. The number of hydrogen-bond acceptors (Lipinski definition) is 4. The summed E-state index contributed by atoms with van der Waals surface area (Å²) >= 11 is 3.38. The molecule has 0 aromatic heterocycles. The second-order valence-corrected chi connectivity index (χ2v) is 7.05. The summed E-state index contributed by atoms with van der Waals surface area (Å²) in [5, 5.41) is 5.61. The SMILES string of the molecule is CC(=O)c1ccc(NC(=O)CCN(C)CC(=O)Nc2ccccc2Br)cc1. The van der Waals surface area contributed by atoms with E-state index in [-0.39, 0.29) is 30.6 Å². The Labute approximate surface area is 167 Å². The Morgan fingerprint density at radius 1 is 0.963 bits per heavy atom. The lowest BCUT2D eigenvalue weighted by Gasteiger charge is -2.16. The van der Waals surface area contributed by atoms with Crippen LogP contribution in [0.25, 0.3) is 0 Å². The number of Topliss-reactive ketones (excluding diaryl/α,β-unsaturated/α-hetero) is 1. The molecule has 0 unspecified atom stereocenters. The third-order valence-corrected chi connectivity index (χ3v) is 4.55. The van der Waals surface area contributed by atoms with Crippen LogP contribution in [-0.4, -0.2) is 42.6 Å². The fourth-order valence-corrected chi connectivity index (χ4v) is 2.76. The van der Waals surface area contributed by atoms with Crippen molar-refractivity contribution in [3.8, 4) is 0 Å². The van der Waals surface area contributed by atoms with E-state index in [1.807, 2.05) is 24.3 Å². The van der Waals surface area contributed by atoms with Crippen molar-refractivity contribution in [1.29, 1.82) is 0 Å².